The summed E-state index contributed by atoms with van der Waals surface area (Å²) in [7, 11) is 1.65. The second kappa shape index (κ2) is 12.1. The first-order valence-corrected chi connectivity index (χ1v) is 15.7. The van der Waals surface area contributed by atoms with Gasteiger partial charge in [0.1, 0.15) is 18.8 Å². The first-order chi connectivity index (χ1) is 21.9. The van der Waals surface area contributed by atoms with Gasteiger partial charge in [0.2, 0.25) is 5.91 Å². The molecule has 3 aliphatic rings. The smallest absolute Gasteiger partial charge is 0.417 e. The molecule has 7 rings (SSSR count). The van der Waals surface area contributed by atoms with E-state index in [2.05, 4.69) is 41.3 Å². The van der Waals surface area contributed by atoms with E-state index < -0.39 is 17.6 Å². The van der Waals surface area contributed by atoms with E-state index in [0.29, 0.717) is 31.1 Å². The first-order valence-electron chi connectivity index (χ1n) is 15.7. The van der Waals surface area contributed by atoms with E-state index in [0.717, 1.165) is 24.0 Å². The van der Waals surface area contributed by atoms with Crippen molar-refractivity contribution in [1.29, 1.82) is 0 Å². The van der Waals surface area contributed by atoms with Crippen LogP contribution in [0.1, 0.15) is 46.7 Å². The maximum atomic E-state index is 14.7. The van der Waals surface area contributed by atoms with Crippen LogP contribution < -0.4 is 9.47 Å². The van der Waals surface area contributed by atoms with Crippen molar-refractivity contribution in [3.63, 3.8) is 0 Å². The summed E-state index contributed by atoms with van der Waals surface area (Å²) >= 11 is 0. The fourth-order valence-corrected chi connectivity index (χ4v) is 7.38. The molecular formula is C38H38N2O5. The molecule has 230 valence electrons. The van der Waals surface area contributed by atoms with Crippen LogP contribution in [0.2, 0.25) is 0 Å². The molecule has 0 N–H and O–H groups in total. The number of hydrogen-bond acceptors (Lipinski definition) is 6. The maximum absolute atomic E-state index is 14.7. The van der Waals surface area contributed by atoms with Crippen molar-refractivity contribution in [2.24, 2.45) is 5.41 Å². The normalized spacial score (nSPS) is 23.2. The Kier molecular flexibility index (Phi) is 7.80. The van der Waals surface area contributed by atoms with E-state index in [1.807, 2.05) is 73.7 Å². The number of rotatable bonds is 8. The van der Waals surface area contributed by atoms with Gasteiger partial charge in [0.05, 0.1) is 12.5 Å². The molecule has 7 heteroatoms. The lowest BCUT2D eigenvalue weighted by Gasteiger charge is -2.34. The number of amides is 2. The van der Waals surface area contributed by atoms with Crippen LogP contribution in [-0.2, 0) is 28.9 Å². The number of carbonyl (C=O) groups excluding carboxylic acids is 2. The molecule has 2 heterocycles. The average Bonchev–Trinajstić information content (AvgIpc) is 3.76. The number of benzene rings is 4. The van der Waals surface area contributed by atoms with Gasteiger partial charge in [-0.05, 0) is 46.9 Å². The van der Waals surface area contributed by atoms with Gasteiger partial charge in [-0.3, -0.25) is 9.69 Å². The summed E-state index contributed by atoms with van der Waals surface area (Å²) in [5.41, 5.74) is 4.77. The highest BCUT2D eigenvalue weighted by atomic mass is 16.6. The van der Waals surface area contributed by atoms with Crippen LogP contribution in [0.5, 0.6) is 11.5 Å². The number of fused-ring (bicyclic) bond motifs is 1. The molecule has 3 atom stereocenters. The number of imide groups is 1. The quantitative estimate of drug-likeness (QED) is 0.227. The molecule has 4 aromatic rings. The van der Waals surface area contributed by atoms with Crippen molar-refractivity contribution in [2.45, 2.75) is 44.4 Å². The molecule has 0 saturated carbocycles. The monoisotopic (exact) mass is 602 g/mol. The Morgan fingerprint density at radius 3 is 2.22 bits per heavy atom. The number of hydrogen-bond donors (Lipinski definition) is 0. The summed E-state index contributed by atoms with van der Waals surface area (Å²) in [4.78, 5) is 31.5. The Bertz CT molecular complexity index is 1670. The summed E-state index contributed by atoms with van der Waals surface area (Å²) < 4.78 is 17.8. The largest absolute Gasteiger partial charge is 0.493 e. The predicted molar refractivity (Wildman–Crippen MR) is 171 cm³/mol. The highest BCUT2D eigenvalue weighted by Crippen LogP contribution is 2.48. The Balaban J connectivity index is 1.22. The van der Waals surface area contributed by atoms with Crippen molar-refractivity contribution in [3.05, 3.63) is 131 Å². The van der Waals surface area contributed by atoms with E-state index in [1.165, 1.54) is 21.6 Å². The van der Waals surface area contributed by atoms with Gasteiger partial charge in [-0.15, -0.1) is 0 Å². The fourth-order valence-electron chi connectivity index (χ4n) is 7.38. The zero-order valence-electron chi connectivity index (χ0n) is 25.7. The summed E-state index contributed by atoms with van der Waals surface area (Å²) in [5.74, 6) is 0.914. The molecule has 2 fully saturated rings. The van der Waals surface area contributed by atoms with Crippen molar-refractivity contribution in [1.82, 2.24) is 9.80 Å². The lowest BCUT2D eigenvalue weighted by molar-refractivity contribution is -0.139. The van der Waals surface area contributed by atoms with E-state index >= 15 is 0 Å². The Hall–Kier alpha value is -4.62. The van der Waals surface area contributed by atoms with Gasteiger partial charge in [0.25, 0.3) is 0 Å². The van der Waals surface area contributed by atoms with Crippen LogP contribution in [0.15, 0.2) is 103 Å². The van der Waals surface area contributed by atoms with Gasteiger partial charge in [-0.1, -0.05) is 91.0 Å². The van der Waals surface area contributed by atoms with Crippen LogP contribution in [-0.4, -0.2) is 54.7 Å². The van der Waals surface area contributed by atoms with Crippen molar-refractivity contribution in [2.75, 3.05) is 26.8 Å². The van der Waals surface area contributed by atoms with Crippen LogP contribution >= 0.6 is 0 Å². The molecule has 7 nitrogen and oxygen atoms in total. The molecule has 0 bridgehead atoms. The Morgan fingerprint density at radius 1 is 0.867 bits per heavy atom. The molecule has 2 aliphatic heterocycles. The molecular weight excluding hydrogens is 564 g/mol. The van der Waals surface area contributed by atoms with Crippen molar-refractivity contribution < 1.29 is 23.8 Å². The molecule has 2 saturated heterocycles. The van der Waals surface area contributed by atoms with Gasteiger partial charge in [0.15, 0.2) is 11.5 Å². The van der Waals surface area contributed by atoms with Gasteiger partial charge in [-0.25, -0.2) is 9.69 Å². The Labute approximate surface area is 264 Å². The maximum Gasteiger partial charge on any atom is 0.417 e. The van der Waals surface area contributed by atoms with Crippen LogP contribution in [0, 0.1) is 5.41 Å². The van der Waals surface area contributed by atoms with Crippen LogP contribution in [0.25, 0.3) is 0 Å². The van der Waals surface area contributed by atoms with Gasteiger partial charge >= 0.3 is 6.09 Å². The average molecular weight is 603 g/mol. The zero-order valence-corrected chi connectivity index (χ0v) is 25.7. The summed E-state index contributed by atoms with van der Waals surface area (Å²) in [6, 6.07) is 34.0. The molecule has 2 amide bonds. The van der Waals surface area contributed by atoms with Gasteiger partial charge < -0.3 is 14.2 Å². The lowest BCUT2D eigenvalue weighted by atomic mass is 9.74. The van der Waals surface area contributed by atoms with Crippen molar-refractivity contribution >= 4 is 12.0 Å². The number of likely N-dealkylation sites (tertiary alicyclic amines) is 1. The number of carbonyl (C=O) groups is 2. The third kappa shape index (κ3) is 5.57. The summed E-state index contributed by atoms with van der Waals surface area (Å²) in [5, 5.41) is 0. The Morgan fingerprint density at radius 2 is 1.53 bits per heavy atom. The molecule has 1 aliphatic carbocycles. The third-order valence-corrected chi connectivity index (χ3v) is 9.67. The van der Waals surface area contributed by atoms with E-state index in [4.69, 9.17) is 14.2 Å². The van der Waals surface area contributed by atoms with Crippen molar-refractivity contribution in [3.8, 4) is 11.5 Å². The SMILES string of the molecule is COc1ccc(C2CN(Cc3ccccc3)CC2(C)C(=O)N2C(=O)OCC2c2ccccc2)cc1OC1Cc2ccccc2C1. The zero-order chi connectivity index (χ0) is 31.0. The van der Waals surface area contributed by atoms with E-state index in [-0.39, 0.29) is 24.5 Å². The molecule has 0 spiro atoms. The number of ether oxygens (including phenoxy) is 3. The number of nitrogens with zero attached hydrogens (tertiary/aromatic N) is 2. The minimum atomic E-state index is -0.902. The minimum absolute atomic E-state index is 0.00345. The first kappa shape index (κ1) is 29.1. The second-order valence-electron chi connectivity index (χ2n) is 12.6. The number of cyclic esters (lactones) is 1. The fraction of sp³-hybridized carbons (Fsp3) is 0.316. The highest BCUT2D eigenvalue weighted by molar-refractivity contribution is 5.97. The highest BCUT2D eigenvalue weighted by Gasteiger charge is 2.54. The topological polar surface area (TPSA) is 68.3 Å². The standard InChI is InChI=1S/C38H38N2O5/c1-38(36(41)40-33(24-44-37(40)42)27-13-7-4-8-14-27)25-39(22-26-11-5-3-6-12-26)23-32(38)30-17-18-34(43-2)35(21-30)45-31-19-28-15-9-10-16-29(28)20-31/h3-18,21,31-33H,19-20,22-25H2,1-2H3. The molecule has 0 aromatic heterocycles. The third-order valence-electron chi connectivity index (χ3n) is 9.67. The van der Waals surface area contributed by atoms with E-state index in [1.54, 1.807) is 7.11 Å². The second-order valence-corrected chi connectivity index (χ2v) is 12.6. The molecule has 0 radical (unpaired) electrons. The molecule has 3 unspecified atom stereocenters. The minimum Gasteiger partial charge on any atom is -0.493 e. The molecule has 45 heavy (non-hydrogen) atoms. The summed E-state index contributed by atoms with van der Waals surface area (Å²) in [6.45, 7) is 3.99. The molecule has 4 aromatic carbocycles. The van der Waals surface area contributed by atoms with Gasteiger partial charge in [-0.2, -0.15) is 0 Å². The van der Waals surface area contributed by atoms with Gasteiger partial charge in [0, 0.05) is 38.4 Å². The number of methoxy groups -OCH3 is 1. The predicted octanol–water partition coefficient (Wildman–Crippen LogP) is 6.57. The van der Waals surface area contributed by atoms with Crippen LogP contribution in [0.3, 0.4) is 0 Å². The van der Waals surface area contributed by atoms with Crippen LogP contribution in [0.4, 0.5) is 4.79 Å². The van der Waals surface area contributed by atoms with E-state index in [9.17, 15) is 9.59 Å². The lowest BCUT2D eigenvalue weighted by Crippen LogP contribution is -2.47. The summed E-state index contributed by atoms with van der Waals surface area (Å²) in [6.07, 6.45) is 1.09.